The van der Waals surface area contributed by atoms with E-state index in [9.17, 15) is 4.79 Å². The Kier molecular flexibility index (Phi) is 5.17. The molecule has 0 bridgehead atoms. The summed E-state index contributed by atoms with van der Waals surface area (Å²) in [5.41, 5.74) is 8.05. The molecule has 0 radical (unpaired) electrons. The number of amides is 2. The Morgan fingerprint density at radius 2 is 1.75 bits per heavy atom. The quantitative estimate of drug-likeness (QED) is 0.393. The van der Waals surface area contributed by atoms with E-state index >= 15 is 0 Å². The third-order valence-corrected chi connectivity index (χ3v) is 6.27. The van der Waals surface area contributed by atoms with Crippen LogP contribution in [-0.4, -0.2) is 22.5 Å². The lowest BCUT2D eigenvalue weighted by Crippen LogP contribution is -2.35. The highest BCUT2D eigenvalue weighted by atomic mass is 16.4. The number of aromatic nitrogens is 1. The molecule has 4 aromatic rings. The van der Waals surface area contributed by atoms with Crippen LogP contribution in [0.1, 0.15) is 41.5 Å². The number of carbonyl (C=O) groups is 1. The molecule has 1 N–H and O–H groups in total. The predicted molar refractivity (Wildman–Crippen MR) is 128 cm³/mol. The Hall–Kier alpha value is -3.60. The van der Waals surface area contributed by atoms with Crippen molar-refractivity contribution >= 4 is 22.8 Å². The SMILES string of the molecule is Cc1cccc(-c2ccc3oc(C4CCCN4C(=O)Nc4c(C)cccc4C)nc3c2)c1. The van der Waals surface area contributed by atoms with Gasteiger partial charge in [-0.2, -0.15) is 0 Å². The summed E-state index contributed by atoms with van der Waals surface area (Å²) in [6, 6.07) is 20.3. The second-order valence-electron chi connectivity index (χ2n) is 8.65. The van der Waals surface area contributed by atoms with Crippen molar-refractivity contribution in [2.24, 2.45) is 0 Å². The molecule has 1 atom stereocenters. The minimum Gasteiger partial charge on any atom is -0.438 e. The summed E-state index contributed by atoms with van der Waals surface area (Å²) in [5.74, 6) is 0.607. The zero-order valence-corrected chi connectivity index (χ0v) is 18.7. The zero-order valence-electron chi connectivity index (χ0n) is 18.7. The first-order chi connectivity index (χ1) is 15.5. The topological polar surface area (TPSA) is 58.4 Å². The number of nitrogens with one attached hydrogen (secondary N) is 1. The molecule has 5 rings (SSSR count). The van der Waals surface area contributed by atoms with Gasteiger partial charge in [-0.25, -0.2) is 9.78 Å². The molecule has 1 saturated heterocycles. The molecule has 32 heavy (non-hydrogen) atoms. The van der Waals surface area contributed by atoms with Crippen LogP contribution in [0.5, 0.6) is 0 Å². The van der Waals surface area contributed by atoms with Crippen molar-refractivity contribution in [3.05, 3.63) is 83.2 Å². The summed E-state index contributed by atoms with van der Waals surface area (Å²) in [6.45, 7) is 6.80. The van der Waals surface area contributed by atoms with E-state index < -0.39 is 0 Å². The number of hydrogen-bond acceptors (Lipinski definition) is 3. The van der Waals surface area contributed by atoms with Gasteiger partial charge >= 0.3 is 6.03 Å². The Morgan fingerprint density at radius 1 is 1.00 bits per heavy atom. The lowest BCUT2D eigenvalue weighted by atomic mass is 10.0. The fourth-order valence-corrected chi connectivity index (χ4v) is 4.55. The number of oxazole rings is 1. The monoisotopic (exact) mass is 425 g/mol. The van der Waals surface area contributed by atoms with Crippen LogP contribution < -0.4 is 5.32 Å². The van der Waals surface area contributed by atoms with Crippen molar-refractivity contribution < 1.29 is 9.21 Å². The summed E-state index contributed by atoms with van der Waals surface area (Å²) in [7, 11) is 0. The van der Waals surface area contributed by atoms with Gasteiger partial charge in [-0.05, 0) is 68.0 Å². The van der Waals surface area contributed by atoms with Gasteiger partial charge in [0.05, 0.1) is 0 Å². The second kappa shape index (κ2) is 8.15. The first kappa shape index (κ1) is 20.3. The molecule has 5 nitrogen and oxygen atoms in total. The summed E-state index contributed by atoms with van der Waals surface area (Å²) in [6.07, 6.45) is 1.77. The average molecular weight is 426 g/mol. The van der Waals surface area contributed by atoms with Crippen LogP contribution in [-0.2, 0) is 0 Å². The van der Waals surface area contributed by atoms with E-state index in [2.05, 4.69) is 48.6 Å². The van der Waals surface area contributed by atoms with Crippen LogP contribution in [0.2, 0.25) is 0 Å². The van der Waals surface area contributed by atoms with Crippen molar-refractivity contribution in [3.8, 4) is 11.1 Å². The van der Waals surface area contributed by atoms with Crippen molar-refractivity contribution in [3.63, 3.8) is 0 Å². The molecule has 0 aliphatic carbocycles. The first-order valence-electron chi connectivity index (χ1n) is 11.1. The summed E-state index contributed by atoms with van der Waals surface area (Å²) >= 11 is 0. The maximum Gasteiger partial charge on any atom is 0.322 e. The van der Waals surface area contributed by atoms with Gasteiger partial charge in [0.1, 0.15) is 11.6 Å². The van der Waals surface area contributed by atoms with Gasteiger partial charge in [0.25, 0.3) is 0 Å². The molecule has 1 unspecified atom stereocenters. The van der Waals surface area contributed by atoms with Crippen LogP contribution in [0.3, 0.4) is 0 Å². The number of anilines is 1. The molecule has 1 aromatic heterocycles. The number of rotatable bonds is 3. The molecular weight excluding hydrogens is 398 g/mol. The normalized spacial score (nSPS) is 16.0. The van der Waals surface area contributed by atoms with Crippen LogP contribution in [0.15, 0.2) is 65.1 Å². The number of fused-ring (bicyclic) bond motifs is 1. The van der Waals surface area contributed by atoms with Crippen molar-refractivity contribution in [2.75, 3.05) is 11.9 Å². The Morgan fingerprint density at radius 3 is 2.53 bits per heavy atom. The third-order valence-electron chi connectivity index (χ3n) is 6.27. The second-order valence-corrected chi connectivity index (χ2v) is 8.65. The average Bonchev–Trinajstić information content (AvgIpc) is 3.42. The van der Waals surface area contributed by atoms with Gasteiger partial charge in [-0.15, -0.1) is 0 Å². The first-order valence-corrected chi connectivity index (χ1v) is 11.1. The van der Waals surface area contributed by atoms with E-state index in [0.29, 0.717) is 12.4 Å². The van der Waals surface area contributed by atoms with Crippen LogP contribution in [0.25, 0.3) is 22.2 Å². The molecule has 1 aliphatic heterocycles. The largest absolute Gasteiger partial charge is 0.438 e. The molecule has 2 heterocycles. The highest BCUT2D eigenvalue weighted by molar-refractivity contribution is 5.91. The van der Waals surface area contributed by atoms with Crippen LogP contribution >= 0.6 is 0 Å². The standard InChI is InChI=1S/C27H27N3O2/c1-17-7-4-10-20(15-17)21-12-13-24-22(16-21)28-26(32-24)23-11-6-14-30(23)27(31)29-25-18(2)8-5-9-19(25)3/h4-5,7-10,12-13,15-16,23H,6,11,14H2,1-3H3,(H,29,31). The maximum absolute atomic E-state index is 13.1. The smallest absolute Gasteiger partial charge is 0.322 e. The molecule has 1 fully saturated rings. The van der Waals surface area contributed by atoms with Gasteiger partial charge in [0, 0.05) is 12.2 Å². The highest BCUT2D eigenvalue weighted by Crippen LogP contribution is 2.35. The minimum absolute atomic E-state index is 0.104. The van der Waals surface area contributed by atoms with E-state index in [1.54, 1.807) is 0 Å². The molecular formula is C27H27N3O2. The molecule has 5 heteroatoms. The molecule has 162 valence electrons. The van der Waals surface area contributed by atoms with Crippen LogP contribution in [0, 0.1) is 20.8 Å². The molecule has 2 amide bonds. The van der Waals surface area contributed by atoms with E-state index in [-0.39, 0.29) is 12.1 Å². The summed E-state index contributed by atoms with van der Waals surface area (Å²) in [5, 5.41) is 3.11. The van der Waals surface area contributed by atoms with Gasteiger partial charge in [0.2, 0.25) is 5.89 Å². The lowest BCUT2D eigenvalue weighted by molar-refractivity contribution is 0.199. The zero-order chi connectivity index (χ0) is 22.2. The van der Waals surface area contributed by atoms with Gasteiger partial charge in [-0.1, -0.05) is 54.1 Å². The molecule has 0 spiro atoms. The van der Waals surface area contributed by atoms with Gasteiger partial charge < -0.3 is 14.6 Å². The van der Waals surface area contributed by atoms with Crippen LogP contribution in [0.4, 0.5) is 10.5 Å². The third kappa shape index (κ3) is 3.75. The Labute approximate surface area is 188 Å². The molecule has 0 saturated carbocycles. The maximum atomic E-state index is 13.1. The minimum atomic E-state index is -0.158. The van der Waals surface area contributed by atoms with E-state index in [1.807, 2.05) is 43.0 Å². The van der Waals surface area contributed by atoms with E-state index in [1.165, 1.54) is 5.56 Å². The predicted octanol–water partition coefficient (Wildman–Crippen LogP) is 6.79. The highest BCUT2D eigenvalue weighted by Gasteiger charge is 2.34. The Bertz CT molecular complexity index is 1290. The van der Waals surface area contributed by atoms with E-state index in [0.717, 1.165) is 51.9 Å². The van der Waals surface area contributed by atoms with Gasteiger partial charge in [-0.3, -0.25) is 0 Å². The number of urea groups is 1. The molecule has 1 aliphatic rings. The number of benzene rings is 3. The fraction of sp³-hybridized carbons (Fsp3) is 0.259. The van der Waals surface area contributed by atoms with Crippen molar-refractivity contribution in [1.82, 2.24) is 9.88 Å². The fourth-order valence-electron chi connectivity index (χ4n) is 4.55. The number of hydrogen-bond donors (Lipinski definition) is 1. The number of para-hydroxylation sites is 1. The summed E-state index contributed by atoms with van der Waals surface area (Å²) < 4.78 is 6.11. The Balaban J connectivity index is 1.42. The number of likely N-dealkylation sites (tertiary alicyclic amines) is 1. The lowest BCUT2D eigenvalue weighted by Gasteiger charge is -2.23. The number of aryl methyl sites for hydroxylation is 3. The molecule has 3 aromatic carbocycles. The van der Waals surface area contributed by atoms with Crippen molar-refractivity contribution in [2.45, 2.75) is 39.7 Å². The number of carbonyl (C=O) groups excluding carboxylic acids is 1. The van der Waals surface area contributed by atoms with E-state index in [4.69, 9.17) is 9.40 Å². The summed E-state index contributed by atoms with van der Waals surface area (Å²) in [4.78, 5) is 19.8. The van der Waals surface area contributed by atoms with Gasteiger partial charge in [0.15, 0.2) is 5.58 Å². The van der Waals surface area contributed by atoms with Crippen molar-refractivity contribution in [1.29, 1.82) is 0 Å². The number of nitrogens with zero attached hydrogens (tertiary/aromatic N) is 2.